The maximum Gasteiger partial charge on any atom is 0.573 e. The second kappa shape index (κ2) is 6.87. The maximum atomic E-state index is 12.1. The molecule has 0 heterocycles. The molecule has 2 aromatic rings. The molecule has 0 fully saturated rings. The van der Waals surface area contributed by atoms with Crippen molar-refractivity contribution in [2.75, 3.05) is 5.32 Å². The zero-order valence-electron chi connectivity index (χ0n) is 12.7. The summed E-state index contributed by atoms with van der Waals surface area (Å²) in [4.78, 5) is 30.9. The van der Waals surface area contributed by atoms with Crippen molar-refractivity contribution in [3.8, 4) is 5.75 Å². The Kier molecular flexibility index (Phi) is 5.22. The van der Waals surface area contributed by atoms with Gasteiger partial charge in [-0.3, -0.25) is 9.36 Å². The van der Waals surface area contributed by atoms with E-state index in [9.17, 15) is 32.3 Å². The number of benzene rings is 2. The highest BCUT2D eigenvalue weighted by atomic mass is 31.2. The molecule has 0 atom stereocenters. The lowest BCUT2D eigenvalue weighted by Crippen LogP contribution is -2.19. The minimum Gasteiger partial charge on any atom is -0.406 e. The first-order chi connectivity index (χ1) is 11.5. The summed E-state index contributed by atoms with van der Waals surface area (Å²) in [5.41, 5.74) is 0.497. The van der Waals surface area contributed by atoms with Crippen LogP contribution < -0.4 is 15.4 Å². The number of halogens is 3. The normalized spacial score (nSPS) is 11.9. The number of anilines is 1. The van der Waals surface area contributed by atoms with Crippen molar-refractivity contribution in [3.05, 3.63) is 53.6 Å². The molecule has 1 amide bonds. The fourth-order valence-electron chi connectivity index (χ4n) is 1.99. The lowest BCUT2D eigenvalue weighted by atomic mass is 10.2. The molecule has 0 bridgehead atoms. The predicted octanol–water partition coefficient (Wildman–Crippen LogP) is 2.95. The van der Waals surface area contributed by atoms with E-state index < -0.39 is 25.6 Å². The SMILES string of the molecule is Cc1ccc(NC(=O)c2ccc(OC(F)(F)F)cc2)c(P(=O)(O)O)c1. The highest BCUT2D eigenvalue weighted by molar-refractivity contribution is 7.60. The first kappa shape index (κ1) is 19.0. The van der Waals surface area contributed by atoms with E-state index in [-0.39, 0.29) is 16.6 Å². The van der Waals surface area contributed by atoms with Gasteiger partial charge in [0.25, 0.3) is 5.91 Å². The molecule has 0 saturated carbocycles. The standard InChI is InChI=1S/C15H13F3NO5P/c1-9-2-7-12(13(8-9)25(21,22)23)19-14(20)10-3-5-11(6-4-10)24-15(16,17)18/h2-8H,1H3,(H,19,20)(H2,21,22,23). The lowest BCUT2D eigenvalue weighted by molar-refractivity contribution is -0.274. The number of amides is 1. The fourth-order valence-corrected chi connectivity index (χ4v) is 2.81. The van der Waals surface area contributed by atoms with Crippen LogP contribution in [0.3, 0.4) is 0 Å². The van der Waals surface area contributed by atoms with Gasteiger partial charge in [0.2, 0.25) is 0 Å². The van der Waals surface area contributed by atoms with Crippen molar-refractivity contribution in [1.29, 1.82) is 0 Å². The van der Waals surface area contributed by atoms with Crippen LogP contribution in [0.5, 0.6) is 5.75 Å². The van der Waals surface area contributed by atoms with Gasteiger partial charge < -0.3 is 19.8 Å². The van der Waals surface area contributed by atoms with E-state index in [1.807, 2.05) is 0 Å². The third kappa shape index (κ3) is 5.32. The molecule has 2 aromatic carbocycles. The Morgan fingerprint density at radius 1 is 1.12 bits per heavy atom. The van der Waals surface area contributed by atoms with Crippen molar-refractivity contribution < 1.29 is 37.1 Å². The Morgan fingerprint density at radius 2 is 1.72 bits per heavy atom. The topological polar surface area (TPSA) is 95.9 Å². The summed E-state index contributed by atoms with van der Waals surface area (Å²) in [6.45, 7) is 1.63. The van der Waals surface area contributed by atoms with Crippen LogP contribution >= 0.6 is 7.60 Å². The molecule has 10 heteroatoms. The Labute approximate surface area is 140 Å². The Bertz CT molecular complexity index is 830. The zero-order valence-corrected chi connectivity index (χ0v) is 13.6. The monoisotopic (exact) mass is 375 g/mol. The van der Waals surface area contributed by atoms with Gasteiger partial charge in [0.1, 0.15) is 5.75 Å². The summed E-state index contributed by atoms with van der Waals surface area (Å²) in [7, 11) is -4.62. The molecule has 134 valence electrons. The van der Waals surface area contributed by atoms with E-state index >= 15 is 0 Å². The first-order valence-corrected chi connectivity index (χ1v) is 8.41. The average molecular weight is 375 g/mol. The zero-order chi connectivity index (χ0) is 18.8. The summed E-state index contributed by atoms with van der Waals surface area (Å²) in [6, 6.07) is 8.25. The van der Waals surface area contributed by atoms with E-state index in [1.54, 1.807) is 13.0 Å². The third-order valence-corrected chi connectivity index (χ3v) is 4.06. The molecule has 0 aliphatic rings. The largest absolute Gasteiger partial charge is 0.573 e. The first-order valence-electron chi connectivity index (χ1n) is 6.79. The number of nitrogens with one attached hydrogen (secondary N) is 1. The molecular weight excluding hydrogens is 362 g/mol. The second-order valence-corrected chi connectivity index (χ2v) is 6.66. The van der Waals surface area contributed by atoms with Crippen molar-refractivity contribution in [2.24, 2.45) is 0 Å². The van der Waals surface area contributed by atoms with E-state index in [2.05, 4.69) is 10.1 Å². The average Bonchev–Trinajstić information content (AvgIpc) is 2.47. The van der Waals surface area contributed by atoms with E-state index in [1.165, 1.54) is 12.1 Å². The summed E-state index contributed by atoms with van der Waals surface area (Å²) in [5.74, 6) is -1.23. The van der Waals surface area contributed by atoms with E-state index in [4.69, 9.17) is 0 Å². The molecule has 6 nitrogen and oxygen atoms in total. The highest BCUT2D eigenvalue weighted by Gasteiger charge is 2.31. The summed E-state index contributed by atoms with van der Waals surface area (Å²) in [5, 5.41) is 1.98. The Balaban J connectivity index is 2.22. The molecular formula is C15H13F3NO5P. The highest BCUT2D eigenvalue weighted by Crippen LogP contribution is 2.37. The number of rotatable bonds is 4. The van der Waals surface area contributed by atoms with Crippen LogP contribution in [0, 0.1) is 6.92 Å². The minimum atomic E-state index is -4.84. The summed E-state index contributed by atoms with van der Waals surface area (Å²) < 4.78 is 51.5. The van der Waals surface area contributed by atoms with Gasteiger partial charge >= 0.3 is 14.0 Å². The number of hydrogen-bond donors (Lipinski definition) is 3. The number of carbonyl (C=O) groups excluding carboxylic acids is 1. The fraction of sp³-hybridized carbons (Fsp3) is 0.133. The molecule has 2 rings (SSSR count). The smallest absolute Gasteiger partial charge is 0.406 e. The van der Waals surface area contributed by atoms with Gasteiger partial charge in [-0.2, -0.15) is 0 Å². The lowest BCUT2D eigenvalue weighted by Gasteiger charge is -2.13. The van der Waals surface area contributed by atoms with Crippen LogP contribution in [0.15, 0.2) is 42.5 Å². The minimum absolute atomic E-state index is 0.00763. The van der Waals surface area contributed by atoms with Crippen LogP contribution in [0.4, 0.5) is 18.9 Å². The van der Waals surface area contributed by atoms with Crippen molar-refractivity contribution in [1.82, 2.24) is 0 Å². The second-order valence-electron chi connectivity index (χ2n) is 5.09. The van der Waals surface area contributed by atoms with Crippen LogP contribution in [0.2, 0.25) is 0 Å². The molecule has 0 aliphatic carbocycles. The van der Waals surface area contributed by atoms with Crippen molar-refractivity contribution >= 4 is 24.5 Å². The van der Waals surface area contributed by atoms with Gasteiger partial charge in [-0.25, -0.2) is 0 Å². The van der Waals surface area contributed by atoms with Gasteiger partial charge in [-0.05, 0) is 43.3 Å². The number of carbonyl (C=O) groups is 1. The van der Waals surface area contributed by atoms with E-state index in [0.29, 0.717) is 5.56 Å². The number of hydrogen-bond acceptors (Lipinski definition) is 3. The van der Waals surface area contributed by atoms with Gasteiger partial charge in [0.15, 0.2) is 0 Å². The van der Waals surface area contributed by atoms with Gasteiger partial charge in [-0.15, -0.1) is 13.2 Å². The number of alkyl halides is 3. The summed E-state index contributed by atoms with van der Waals surface area (Å²) >= 11 is 0. The van der Waals surface area contributed by atoms with Gasteiger partial charge in [-0.1, -0.05) is 11.6 Å². The third-order valence-electron chi connectivity index (χ3n) is 3.07. The molecule has 0 aromatic heterocycles. The Hall–Kier alpha value is -2.35. The molecule has 0 spiro atoms. The van der Waals surface area contributed by atoms with Crippen LogP contribution in [-0.2, 0) is 4.57 Å². The number of aryl methyl sites for hydroxylation is 1. The van der Waals surface area contributed by atoms with Crippen LogP contribution in [0.25, 0.3) is 0 Å². The predicted molar refractivity (Wildman–Crippen MR) is 83.9 cm³/mol. The van der Waals surface area contributed by atoms with Gasteiger partial charge in [0, 0.05) is 5.56 Å². The quantitative estimate of drug-likeness (QED) is 0.714. The van der Waals surface area contributed by atoms with Gasteiger partial charge in [0.05, 0.1) is 11.0 Å². The van der Waals surface area contributed by atoms with E-state index in [0.717, 1.165) is 24.3 Å². The molecule has 0 unspecified atom stereocenters. The maximum absolute atomic E-state index is 12.1. The van der Waals surface area contributed by atoms with Crippen molar-refractivity contribution in [2.45, 2.75) is 13.3 Å². The molecule has 25 heavy (non-hydrogen) atoms. The summed E-state index contributed by atoms with van der Waals surface area (Å²) in [6.07, 6.45) is -4.84. The molecule has 0 radical (unpaired) electrons. The Morgan fingerprint density at radius 3 is 2.24 bits per heavy atom. The molecule has 0 aliphatic heterocycles. The van der Waals surface area contributed by atoms with Crippen LogP contribution in [0.1, 0.15) is 15.9 Å². The number of ether oxygens (including phenoxy) is 1. The van der Waals surface area contributed by atoms with Crippen LogP contribution in [-0.4, -0.2) is 22.1 Å². The molecule has 3 N–H and O–H groups in total. The molecule has 0 saturated heterocycles. The van der Waals surface area contributed by atoms with Crippen molar-refractivity contribution in [3.63, 3.8) is 0 Å².